The van der Waals surface area contributed by atoms with Crippen LogP contribution < -0.4 is 11.1 Å². The van der Waals surface area contributed by atoms with Crippen molar-refractivity contribution in [2.75, 3.05) is 19.6 Å². The SMILES string of the molecule is NC(=O)c1sccc1C1CC1NC1CCN(CC(F)(F)F)CC1. The van der Waals surface area contributed by atoms with Crippen molar-refractivity contribution in [1.82, 2.24) is 10.2 Å². The van der Waals surface area contributed by atoms with E-state index in [0.29, 0.717) is 29.9 Å². The molecule has 23 heavy (non-hydrogen) atoms. The molecule has 2 unspecified atom stereocenters. The number of nitrogens with two attached hydrogens (primary N) is 1. The standard InChI is InChI=1S/C15H20F3N3OS/c16-15(17,18)8-21-4-1-9(2-5-21)20-12-7-11(12)10-3-6-23-13(10)14(19)22/h3,6,9,11-12,20H,1-2,4-5,7-8H2,(H2,19,22). The topological polar surface area (TPSA) is 58.4 Å². The van der Waals surface area contributed by atoms with Crippen LogP contribution >= 0.6 is 11.3 Å². The van der Waals surface area contributed by atoms with Gasteiger partial charge >= 0.3 is 6.18 Å². The number of amides is 1. The minimum atomic E-state index is -4.12. The van der Waals surface area contributed by atoms with Crippen LogP contribution in [0.25, 0.3) is 0 Å². The highest BCUT2D eigenvalue weighted by Crippen LogP contribution is 2.44. The second kappa shape index (κ2) is 6.41. The van der Waals surface area contributed by atoms with E-state index in [4.69, 9.17) is 5.73 Å². The van der Waals surface area contributed by atoms with Crippen molar-refractivity contribution in [1.29, 1.82) is 0 Å². The van der Waals surface area contributed by atoms with Gasteiger partial charge in [-0.15, -0.1) is 11.3 Å². The predicted octanol–water partition coefficient (Wildman–Crippen LogP) is 2.32. The maximum atomic E-state index is 12.4. The molecule has 0 bridgehead atoms. The molecule has 2 heterocycles. The summed E-state index contributed by atoms with van der Waals surface area (Å²) in [6.07, 6.45) is -1.71. The van der Waals surface area contributed by atoms with Gasteiger partial charge in [0.05, 0.1) is 11.4 Å². The molecular formula is C15H20F3N3OS. The van der Waals surface area contributed by atoms with Crippen LogP contribution in [0.4, 0.5) is 13.2 Å². The summed E-state index contributed by atoms with van der Waals surface area (Å²) in [7, 11) is 0. The monoisotopic (exact) mass is 347 g/mol. The molecule has 3 rings (SSSR count). The molecule has 1 saturated heterocycles. The van der Waals surface area contributed by atoms with Gasteiger partial charge in [0.1, 0.15) is 0 Å². The average molecular weight is 347 g/mol. The molecular weight excluding hydrogens is 327 g/mol. The van der Waals surface area contributed by atoms with Crippen molar-refractivity contribution in [2.45, 2.75) is 43.4 Å². The summed E-state index contributed by atoms with van der Waals surface area (Å²) in [5.41, 5.74) is 6.38. The molecule has 2 atom stereocenters. The maximum Gasteiger partial charge on any atom is 0.401 e. The first-order valence-electron chi connectivity index (χ1n) is 7.76. The Morgan fingerprint density at radius 1 is 1.39 bits per heavy atom. The van der Waals surface area contributed by atoms with Crippen molar-refractivity contribution >= 4 is 17.2 Å². The molecule has 1 aromatic heterocycles. The number of nitrogens with zero attached hydrogens (tertiary/aromatic N) is 1. The first-order valence-corrected chi connectivity index (χ1v) is 8.64. The third-order valence-corrected chi connectivity index (χ3v) is 5.49. The molecule has 1 saturated carbocycles. The van der Waals surface area contributed by atoms with Gasteiger partial charge in [-0.25, -0.2) is 0 Å². The lowest BCUT2D eigenvalue weighted by molar-refractivity contribution is -0.148. The summed E-state index contributed by atoms with van der Waals surface area (Å²) in [4.78, 5) is 13.5. The summed E-state index contributed by atoms with van der Waals surface area (Å²) in [5, 5.41) is 5.40. The van der Waals surface area contributed by atoms with Gasteiger partial charge in [-0.3, -0.25) is 9.69 Å². The summed E-state index contributed by atoms with van der Waals surface area (Å²) in [5.74, 6) is -0.0851. The Morgan fingerprint density at radius 3 is 2.70 bits per heavy atom. The van der Waals surface area contributed by atoms with E-state index < -0.39 is 12.7 Å². The van der Waals surface area contributed by atoms with Gasteiger partial charge in [-0.2, -0.15) is 13.2 Å². The van der Waals surface area contributed by atoms with E-state index in [0.717, 1.165) is 24.8 Å². The molecule has 3 N–H and O–H groups in total. The Hall–Kier alpha value is -1.12. The summed E-state index contributed by atoms with van der Waals surface area (Å²) >= 11 is 1.36. The molecule has 0 spiro atoms. The van der Waals surface area contributed by atoms with E-state index >= 15 is 0 Å². The third-order valence-electron chi connectivity index (χ3n) is 4.55. The van der Waals surface area contributed by atoms with Gasteiger partial charge in [0, 0.05) is 18.0 Å². The Kier molecular flexibility index (Phi) is 4.66. The molecule has 1 amide bonds. The average Bonchev–Trinajstić information content (AvgIpc) is 3.02. The molecule has 4 nitrogen and oxygen atoms in total. The van der Waals surface area contributed by atoms with Crippen molar-refractivity contribution in [3.8, 4) is 0 Å². The van der Waals surface area contributed by atoms with Crippen LogP contribution in [-0.2, 0) is 0 Å². The highest BCUT2D eigenvalue weighted by Gasteiger charge is 2.42. The second-order valence-corrected chi connectivity index (χ2v) is 7.27. The molecule has 1 aliphatic carbocycles. The van der Waals surface area contributed by atoms with Gasteiger partial charge < -0.3 is 11.1 Å². The lowest BCUT2D eigenvalue weighted by atomic mass is 10.0. The van der Waals surface area contributed by atoms with E-state index in [-0.39, 0.29) is 11.9 Å². The lowest BCUT2D eigenvalue weighted by Crippen LogP contribution is -2.46. The number of thiophene rings is 1. The molecule has 1 aliphatic heterocycles. The first-order chi connectivity index (χ1) is 10.8. The number of nitrogens with one attached hydrogen (secondary N) is 1. The highest BCUT2D eigenvalue weighted by atomic mass is 32.1. The van der Waals surface area contributed by atoms with Crippen molar-refractivity contribution in [3.63, 3.8) is 0 Å². The summed E-state index contributed by atoms with van der Waals surface area (Å²) in [6, 6.07) is 2.51. The van der Waals surface area contributed by atoms with Crippen molar-refractivity contribution in [2.24, 2.45) is 5.73 Å². The van der Waals surface area contributed by atoms with Crippen LogP contribution in [0.3, 0.4) is 0 Å². The Morgan fingerprint density at radius 2 is 2.09 bits per heavy atom. The molecule has 8 heteroatoms. The third kappa shape index (κ3) is 4.24. The van der Waals surface area contributed by atoms with Crippen molar-refractivity contribution in [3.05, 3.63) is 21.9 Å². The van der Waals surface area contributed by atoms with E-state index in [1.807, 2.05) is 11.4 Å². The van der Waals surface area contributed by atoms with Crippen LogP contribution in [0.1, 0.15) is 40.4 Å². The fraction of sp³-hybridized carbons (Fsp3) is 0.667. The van der Waals surface area contributed by atoms with Crippen LogP contribution in [0.2, 0.25) is 0 Å². The fourth-order valence-electron chi connectivity index (χ4n) is 3.35. The number of likely N-dealkylation sites (tertiary alicyclic amines) is 1. The summed E-state index contributed by atoms with van der Waals surface area (Å²) in [6.45, 7) is 0.127. The number of hydrogen-bond donors (Lipinski definition) is 2. The zero-order valence-electron chi connectivity index (χ0n) is 12.6. The summed E-state index contributed by atoms with van der Waals surface area (Å²) < 4.78 is 37.1. The minimum absolute atomic E-state index is 0.255. The van der Waals surface area contributed by atoms with Gasteiger partial charge in [0.15, 0.2) is 0 Å². The van der Waals surface area contributed by atoms with Crippen LogP contribution in [0.15, 0.2) is 11.4 Å². The number of hydrogen-bond acceptors (Lipinski definition) is 4. The number of halogens is 3. The predicted molar refractivity (Wildman–Crippen MR) is 82.6 cm³/mol. The minimum Gasteiger partial charge on any atom is -0.365 e. The molecule has 1 aromatic rings. The van der Waals surface area contributed by atoms with Crippen LogP contribution in [-0.4, -0.2) is 48.7 Å². The molecule has 0 radical (unpaired) electrons. The quantitative estimate of drug-likeness (QED) is 0.859. The van der Waals surface area contributed by atoms with Crippen LogP contribution in [0, 0.1) is 0 Å². The Labute approximate surface area is 136 Å². The Bertz CT molecular complexity index is 567. The van der Waals surface area contributed by atoms with Crippen molar-refractivity contribution < 1.29 is 18.0 Å². The largest absolute Gasteiger partial charge is 0.401 e. The molecule has 0 aromatic carbocycles. The number of piperidine rings is 1. The smallest absolute Gasteiger partial charge is 0.365 e. The number of rotatable bonds is 5. The number of primary amides is 1. The number of alkyl halides is 3. The molecule has 128 valence electrons. The van der Waals surface area contributed by atoms with E-state index in [2.05, 4.69) is 5.32 Å². The molecule has 2 aliphatic rings. The van der Waals surface area contributed by atoms with E-state index in [1.54, 1.807) is 0 Å². The normalized spacial score (nSPS) is 26.4. The maximum absolute atomic E-state index is 12.4. The number of carbonyl (C=O) groups excluding carboxylic acids is 1. The Balaban J connectivity index is 1.46. The molecule has 2 fully saturated rings. The zero-order valence-corrected chi connectivity index (χ0v) is 13.4. The second-order valence-electron chi connectivity index (χ2n) is 6.35. The number of carbonyl (C=O) groups is 1. The van der Waals surface area contributed by atoms with Gasteiger partial charge in [-0.05, 0) is 49.4 Å². The fourth-order valence-corrected chi connectivity index (χ4v) is 4.17. The van der Waals surface area contributed by atoms with Gasteiger partial charge in [0.2, 0.25) is 0 Å². The van der Waals surface area contributed by atoms with Crippen LogP contribution in [0.5, 0.6) is 0 Å². The van der Waals surface area contributed by atoms with Gasteiger partial charge in [-0.1, -0.05) is 0 Å². The van der Waals surface area contributed by atoms with E-state index in [9.17, 15) is 18.0 Å². The first kappa shape index (κ1) is 16.7. The highest BCUT2D eigenvalue weighted by molar-refractivity contribution is 7.12. The van der Waals surface area contributed by atoms with E-state index in [1.165, 1.54) is 16.2 Å². The zero-order chi connectivity index (χ0) is 16.6. The lowest BCUT2D eigenvalue weighted by Gasteiger charge is -2.33. The van der Waals surface area contributed by atoms with Gasteiger partial charge in [0.25, 0.3) is 5.91 Å².